The molecule has 1 saturated heterocycles. The lowest BCUT2D eigenvalue weighted by molar-refractivity contribution is -0.137. The summed E-state index contributed by atoms with van der Waals surface area (Å²) in [6, 6.07) is 12.1. The van der Waals surface area contributed by atoms with Crippen molar-refractivity contribution < 1.29 is 23.2 Å². The van der Waals surface area contributed by atoms with Crippen LogP contribution in [0.1, 0.15) is 29.4 Å². The average Bonchev–Trinajstić information content (AvgIpc) is 3.68. The largest absolute Gasteiger partial charge is 0.326 e. The SMILES string of the molecule is CC(=O)c1nn(CC(=O)N2C[C@H](F)C[C@H]2C(=O)Nc2cccc(-c3ccc4c(c3Cl)N=CC4)c2F)c2ccc(Br)cc12. The summed E-state index contributed by atoms with van der Waals surface area (Å²) in [5.74, 6) is -2.27. The number of fused-ring (bicyclic) bond motifs is 2. The highest BCUT2D eigenvalue weighted by Crippen LogP contribution is 2.41. The predicted molar refractivity (Wildman–Crippen MR) is 160 cm³/mol. The lowest BCUT2D eigenvalue weighted by Gasteiger charge is -2.24. The second-order valence-electron chi connectivity index (χ2n) is 10.2. The fourth-order valence-corrected chi connectivity index (χ4v) is 6.16. The van der Waals surface area contributed by atoms with Gasteiger partial charge in [-0.15, -0.1) is 0 Å². The van der Waals surface area contributed by atoms with E-state index in [2.05, 4.69) is 31.3 Å². The van der Waals surface area contributed by atoms with Crippen LogP contribution in [0.15, 0.2) is 58.0 Å². The lowest BCUT2D eigenvalue weighted by atomic mass is 10.0. The van der Waals surface area contributed by atoms with Crippen LogP contribution in [0.2, 0.25) is 5.02 Å². The van der Waals surface area contributed by atoms with Crippen molar-refractivity contribution >= 4 is 73.6 Å². The Labute approximate surface area is 252 Å². The first-order valence-electron chi connectivity index (χ1n) is 13.2. The van der Waals surface area contributed by atoms with Gasteiger partial charge in [-0.05, 0) is 29.8 Å². The fourth-order valence-electron chi connectivity index (χ4n) is 5.46. The Balaban J connectivity index is 1.24. The molecular weight excluding hydrogens is 632 g/mol. The van der Waals surface area contributed by atoms with E-state index >= 15 is 4.39 Å². The van der Waals surface area contributed by atoms with Crippen LogP contribution in [-0.4, -0.2) is 57.3 Å². The van der Waals surface area contributed by atoms with Crippen LogP contribution < -0.4 is 5.32 Å². The molecule has 42 heavy (non-hydrogen) atoms. The summed E-state index contributed by atoms with van der Waals surface area (Å²) in [5.41, 5.74) is 2.74. The summed E-state index contributed by atoms with van der Waals surface area (Å²) in [4.78, 5) is 44.3. The molecule has 214 valence electrons. The minimum Gasteiger partial charge on any atom is -0.326 e. The number of Topliss-reactive ketones (excluding diaryl/α,β-unsaturated/α-hetero) is 1. The van der Waals surface area contributed by atoms with Gasteiger partial charge >= 0.3 is 0 Å². The smallest absolute Gasteiger partial charge is 0.247 e. The Morgan fingerprint density at radius 3 is 2.74 bits per heavy atom. The maximum absolute atomic E-state index is 15.7. The van der Waals surface area contributed by atoms with Crippen molar-refractivity contribution in [2.75, 3.05) is 11.9 Å². The minimum atomic E-state index is -1.44. The summed E-state index contributed by atoms with van der Waals surface area (Å²) < 4.78 is 32.4. The zero-order valence-corrected chi connectivity index (χ0v) is 24.5. The van der Waals surface area contributed by atoms with Crippen molar-refractivity contribution in [2.24, 2.45) is 4.99 Å². The zero-order chi connectivity index (χ0) is 29.7. The minimum absolute atomic E-state index is 0.123. The number of benzene rings is 3. The van der Waals surface area contributed by atoms with Gasteiger partial charge in [0, 0.05) is 47.0 Å². The highest BCUT2D eigenvalue weighted by atomic mass is 79.9. The molecule has 2 atom stereocenters. The van der Waals surface area contributed by atoms with Gasteiger partial charge in [0.25, 0.3) is 0 Å². The number of anilines is 1. The predicted octanol–water partition coefficient (Wildman–Crippen LogP) is 6.30. The van der Waals surface area contributed by atoms with Crippen LogP contribution in [-0.2, 0) is 22.6 Å². The molecule has 0 aliphatic carbocycles. The Morgan fingerprint density at radius 1 is 1.14 bits per heavy atom. The van der Waals surface area contributed by atoms with E-state index in [1.54, 1.807) is 42.6 Å². The molecule has 0 spiro atoms. The van der Waals surface area contributed by atoms with Crippen LogP contribution in [0.25, 0.3) is 22.0 Å². The van der Waals surface area contributed by atoms with Crippen molar-refractivity contribution in [3.63, 3.8) is 0 Å². The van der Waals surface area contributed by atoms with Gasteiger partial charge in [0.1, 0.15) is 24.5 Å². The molecule has 12 heteroatoms. The van der Waals surface area contributed by atoms with Gasteiger partial charge in [-0.3, -0.25) is 24.1 Å². The summed E-state index contributed by atoms with van der Waals surface area (Å²) in [6.45, 7) is 0.768. The average molecular weight is 655 g/mol. The molecule has 1 N–H and O–H groups in total. The van der Waals surface area contributed by atoms with Gasteiger partial charge in [0.2, 0.25) is 11.8 Å². The Hall–Kier alpha value is -3.96. The Morgan fingerprint density at radius 2 is 1.95 bits per heavy atom. The number of carbonyl (C=O) groups excluding carboxylic acids is 3. The second kappa shape index (κ2) is 11.0. The number of carbonyl (C=O) groups is 3. The Bertz CT molecular complexity index is 1820. The number of nitrogens with one attached hydrogen (secondary N) is 1. The maximum Gasteiger partial charge on any atom is 0.247 e. The van der Waals surface area contributed by atoms with E-state index in [1.807, 2.05) is 6.07 Å². The van der Waals surface area contributed by atoms with Gasteiger partial charge in [0.15, 0.2) is 11.6 Å². The summed E-state index contributed by atoms with van der Waals surface area (Å²) in [5, 5.41) is 7.72. The first-order valence-corrected chi connectivity index (χ1v) is 14.3. The van der Waals surface area contributed by atoms with E-state index in [0.717, 1.165) is 14.9 Å². The number of hydrogen-bond donors (Lipinski definition) is 1. The molecule has 3 heterocycles. The molecule has 4 aromatic rings. The quantitative estimate of drug-likeness (QED) is 0.247. The molecule has 0 unspecified atom stereocenters. The van der Waals surface area contributed by atoms with Gasteiger partial charge < -0.3 is 10.2 Å². The molecule has 0 bridgehead atoms. The molecule has 2 aliphatic rings. The van der Waals surface area contributed by atoms with Crippen LogP contribution in [0.3, 0.4) is 0 Å². The maximum atomic E-state index is 15.7. The van der Waals surface area contributed by atoms with E-state index in [4.69, 9.17) is 11.6 Å². The van der Waals surface area contributed by atoms with E-state index in [0.29, 0.717) is 33.6 Å². The second-order valence-corrected chi connectivity index (χ2v) is 11.5. The number of aromatic nitrogens is 2. The lowest BCUT2D eigenvalue weighted by Crippen LogP contribution is -2.44. The van der Waals surface area contributed by atoms with Crippen LogP contribution in [0, 0.1) is 5.82 Å². The van der Waals surface area contributed by atoms with E-state index < -0.39 is 29.8 Å². The highest BCUT2D eigenvalue weighted by Gasteiger charge is 2.40. The molecule has 1 fully saturated rings. The number of amides is 2. The van der Waals surface area contributed by atoms with Crippen molar-refractivity contribution in [2.45, 2.75) is 38.5 Å². The normalized spacial score (nSPS) is 17.6. The first kappa shape index (κ1) is 28.2. The zero-order valence-electron chi connectivity index (χ0n) is 22.2. The summed E-state index contributed by atoms with van der Waals surface area (Å²) in [6.07, 6.45) is 0.700. The van der Waals surface area contributed by atoms with Gasteiger partial charge in [0.05, 0.1) is 28.5 Å². The van der Waals surface area contributed by atoms with E-state index in [-0.39, 0.29) is 42.2 Å². The van der Waals surface area contributed by atoms with E-state index in [1.165, 1.54) is 17.7 Å². The third-order valence-electron chi connectivity index (χ3n) is 7.48. The molecule has 2 aliphatic heterocycles. The molecule has 1 aromatic heterocycles. The summed E-state index contributed by atoms with van der Waals surface area (Å²) >= 11 is 9.92. The van der Waals surface area contributed by atoms with Crippen LogP contribution >= 0.6 is 27.5 Å². The number of alkyl halides is 1. The summed E-state index contributed by atoms with van der Waals surface area (Å²) in [7, 11) is 0. The number of likely N-dealkylation sites (tertiary alicyclic amines) is 1. The molecule has 2 amide bonds. The first-order chi connectivity index (χ1) is 20.1. The van der Waals surface area contributed by atoms with Crippen molar-refractivity contribution in [3.05, 3.63) is 75.1 Å². The van der Waals surface area contributed by atoms with E-state index in [9.17, 15) is 18.8 Å². The number of aliphatic imine (C=N–C) groups is 1. The fraction of sp³-hybridized carbons (Fsp3) is 0.233. The molecule has 0 radical (unpaired) electrons. The standard InChI is InChI=1S/C30H23BrClF2N5O3/c1-15(40)28-21-11-17(31)6-8-23(21)39(37-28)14-25(41)38-13-18(33)12-24(38)30(42)36-22-4-2-3-20(27(22)34)19-7-5-16-9-10-35-29(16)26(19)32/h2-8,10-11,18,24H,9,12-14H2,1H3,(H,36,42)/t18-,24+/m1/s1. The number of rotatable bonds is 6. The highest BCUT2D eigenvalue weighted by molar-refractivity contribution is 9.10. The molecule has 6 rings (SSSR count). The molecular formula is C30H23BrClF2N5O3. The number of ketones is 1. The van der Waals surface area contributed by atoms with Crippen LogP contribution in [0.4, 0.5) is 20.2 Å². The monoisotopic (exact) mass is 653 g/mol. The molecule has 0 saturated carbocycles. The van der Waals surface area contributed by atoms with Gasteiger partial charge in [-0.25, -0.2) is 8.78 Å². The number of halogens is 4. The van der Waals surface area contributed by atoms with Gasteiger partial charge in [-0.1, -0.05) is 51.8 Å². The molecule has 3 aromatic carbocycles. The Kier molecular flexibility index (Phi) is 7.40. The van der Waals surface area contributed by atoms with Crippen molar-refractivity contribution in [1.82, 2.24) is 14.7 Å². The third kappa shape index (κ3) is 5.00. The number of nitrogens with zero attached hydrogens (tertiary/aromatic N) is 4. The van der Waals surface area contributed by atoms with Gasteiger partial charge in [-0.2, -0.15) is 5.10 Å². The van der Waals surface area contributed by atoms with Crippen molar-refractivity contribution in [3.8, 4) is 11.1 Å². The van der Waals surface area contributed by atoms with Crippen molar-refractivity contribution in [1.29, 1.82) is 0 Å². The number of hydrogen-bond acceptors (Lipinski definition) is 5. The topological polar surface area (TPSA) is 96.7 Å². The van der Waals surface area contributed by atoms with Crippen LogP contribution in [0.5, 0.6) is 0 Å². The third-order valence-corrected chi connectivity index (χ3v) is 8.36. The molecule has 8 nitrogen and oxygen atoms in total.